The fourth-order valence-electron chi connectivity index (χ4n) is 2.69. The number of benzene rings is 2. The molecule has 0 fully saturated rings. The van der Waals surface area contributed by atoms with Crippen LogP contribution in [0, 0.1) is 6.92 Å². The Bertz CT molecular complexity index is 916. The van der Waals surface area contributed by atoms with E-state index < -0.39 is 7.12 Å². The van der Waals surface area contributed by atoms with E-state index in [4.69, 9.17) is 21.0 Å². The summed E-state index contributed by atoms with van der Waals surface area (Å²) in [6, 6.07) is 13.1. The van der Waals surface area contributed by atoms with Gasteiger partial charge in [-0.25, -0.2) is 4.98 Å². The standard InChI is InChI=1S/C17H13BClNO3/c1-10-6-11-2-5-17(20-16(11)8-15(10)19)23-13-3-4-14-12(7-13)9-22-18(14)21/h2-8,21H,9H2,1H3. The molecule has 0 bridgehead atoms. The highest BCUT2D eigenvalue weighted by Crippen LogP contribution is 2.27. The lowest BCUT2D eigenvalue weighted by Gasteiger charge is -2.08. The molecule has 0 aliphatic carbocycles. The van der Waals surface area contributed by atoms with Crippen molar-refractivity contribution in [3.8, 4) is 11.6 Å². The highest BCUT2D eigenvalue weighted by molar-refractivity contribution is 6.61. The van der Waals surface area contributed by atoms with Crippen LogP contribution in [-0.2, 0) is 11.3 Å². The van der Waals surface area contributed by atoms with Crippen LogP contribution in [0.25, 0.3) is 10.9 Å². The van der Waals surface area contributed by atoms with Crippen molar-refractivity contribution in [2.45, 2.75) is 13.5 Å². The van der Waals surface area contributed by atoms with Gasteiger partial charge in [0.2, 0.25) is 5.88 Å². The van der Waals surface area contributed by atoms with Crippen molar-refractivity contribution in [3.05, 3.63) is 58.6 Å². The number of halogens is 1. The van der Waals surface area contributed by atoms with Crippen LogP contribution in [-0.4, -0.2) is 17.1 Å². The Morgan fingerprint density at radius 3 is 2.96 bits per heavy atom. The van der Waals surface area contributed by atoms with Gasteiger partial charge in [-0.1, -0.05) is 17.7 Å². The second-order valence-corrected chi connectivity index (χ2v) is 5.98. The number of pyridine rings is 1. The molecular weight excluding hydrogens is 312 g/mol. The summed E-state index contributed by atoms with van der Waals surface area (Å²) in [7, 11) is -0.844. The van der Waals surface area contributed by atoms with Gasteiger partial charge in [0, 0.05) is 16.5 Å². The molecule has 4 nitrogen and oxygen atoms in total. The van der Waals surface area contributed by atoms with Crippen LogP contribution in [0.2, 0.25) is 5.02 Å². The average Bonchev–Trinajstić information content (AvgIpc) is 2.90. The van der Waals surface area contributed by atoms with Crippen LogP contribution in [0.4, 0.5) is 0 Å². The highest BCUT2D eigenvalue weighted by atomic mass is 35.5. The van der Waals surface area contributed by atoms with Gasteiger partial charge in [-0.15, -0.1) is 0 Å². The lowest BCUT2D eigenvalue weighted by atomic mass is 9.80. The van der Waals surface area contributed by atoms with Crippen LogP contribution < -0.4 is 10.2 Å². The zero-order valence-corrected chi connectivity index (χ0v) is 13.2. The van der Waals surface area contributed by atoms with E-state index >= 15 is 0 Å². The number of fused-ring (bicyclic) bond motifs is 2. The first-order valence-corrected chi connectivity index (χ1v) is 7.65. The zero-order chi connectivity index (χ0) is 16.0. The molecule has 1 aromatic heterocycles. The molecule has 2 aromatic carbocycles. The van der Waals surface area contributed by atoms with Gasteiger partial charge in [-0.2, -0.15) is 0 Å². The number of hydrogen-bond donors (Lipinski definition) is 1. The van der Waals surface area contributed by atoms with Gasteiger partial charge >= 0.3 is 7.12 Å². The number of hydrogen-bond acceptors (Lipinski definition) is 4. The monoisotopic (exact) mass is 325 g/mol. The summed E-state index contributed by atoms with van der Waals surface area (Å²) in [5.74, 6) is 1.16. The second-order valence-electron chi connectivity index (χ2n) is 5.57. The maximum Gasteiger partial charge on any atom is 0.491 e. The van der Waals surface area contributed by atoms with Gasteiger partial charge in [0.05, 0.1) is 12.1 Å². The Balaban J connectivity index is 1.66. The summed E-state index contributed by atoms with van der Waals surface area (Å²) in [4.78, 5) is 4.49. The predicted octanol–water partition coefficient (Wildman–Crippen LogP) is 3.21. The molecule has 1 aliphatic rings. The quantitative estimate of drug-likeness (QED) is 0.735. The van der Waals surface area contributed by atoms with E-state index in [2.05, 4.69) is 4.98 Å². The maximum absolute atomic E-state index is 9.64. The van der Waals surface area contributed by atoms with Crippen molar-refractivity contribution < 1.29 is 14.4 Å². The molecule has 0 radical (unpaired) electrons. The van der Waals surface area contributed by atoms with Crippen molar-refractivity contribution in [2.75, 3.05) is 0 Å². The minimum Gasteiger partial charge on any atom is -0.439 e. The fourth-order valence-corrected chi connectivity index (χ4v) is 2.85. The summed E-state index contributed by atoms with van der Waals surface area (Å²) in [6.45, 7) is 2.35. The number of ether oxygens (including phenoxy) is 1. The number of rotatable bonds is 2. The Morgan fingerprint density at radius 2 is 2.09 bits per heavy atom. The topological polar surface area (TPSA) is 51.6 Å². The summed E-state index contributed by atoms with van der Waals surface area (Å²) in [5, 5.41) is 11.3. The lowest BCUT2D eigenvalue weighted by Crippen LogP contribution is -2.27. The Hall–Kier alpha value is -2.08. The molecule has 3 aromatic rings. The Morgan fingerprint density at radius 1 is 1.22 bits per heavy atom. The molecule has 6 heteroatoms. The number of aryl methyl sites for hydroxylation is 1. The zero-order valence-electron chi connectivity index (χ0n) is 12.4. The fraction of sp³-hybridized carbons (Fsp3) is 0.118. The molecule has 0 saturated heterocycles. The third-order valence-corrected chi connectivity index (χ3v) is 4.35. The van der Waals surface area contributed by atoms with Gasteiger partial charge in [-0.05, 0) is 53.8 Å². The van der Waals surface area contributed by atoms with Crippen LogP contribution in [0.5, 0.6) is 11.6 Å². The van der Waals surface area contributed by atoms with E-state index in [0.29, 0.717) is 23.3 Å². The number of aromatic nitrogens is 1. The van der Waals surface area contributed by atoms with Crippen molar-refractivity contribution in [3.63, 3.8) is 0 Å². The van der Waals surface area contributed by atoms with Gasteiger partial charge in [0.15, 0.2) is 0 Å². The highest BCUT2D eigenvalue weighted by Gasteiger charge is 2.27. The second kappa shape index (κ2) is 5.53. The van der Waals surface area contributed by atoms with Crippen LogP contribution in [0.3, 0.4) is 0 Å². The molecule has 2 heterocycles. The smallest absolute Gasteiger partial charge is 0.439 e. The van der Waals surface area contributed by atoms with E-state index in [9.17, 15) is 5.02 Å². The van der Waals surface area contributed by atoms with Gasteiger partial charge in [-0.3, -0.25) is 0 Å². The minimum absolute atomic E-state index is 0.383. The molecule has 1 aliphatic heterocycles. The minimum atomic E-state index is -0.844. The van der Waals surface area contributed by atoms with Crippen molar-refractivity contribution in [1.82, 2.24) is 4.98 Å². The van der Waals surface area contributed by atoms with E-state index in [1.165, 1.54) is 0 Å². The third-order valence-electron chi connectivity index (χ3n) is 3.94. The van der Waals surface area contributed by atoms with Crippen molar-refractivity contribution in [1.29, 1.82) is 0 Å². The van der Waals surface area contributed by atoms with Crippen LogP contribution >= 0.6 is 11.6 Å². The largest absolute Gasteiger partial charge is 0.491 e. The van der Waals surface area contributed by atoms with E-state index in [0.717, 1.165) is 27.5 Å². The molecule has 0 saturated carbocycles. The van der Waals surface area contributed by atoms with Gasteiger partial charge < -0.3 is 14.4 Å². The normalized spacial score (nSPS) is 13.4. The molecular formula is C17H13BClNO3. The average molecular weight is 326 g/mol. The number of nitrogens with zero attached hydrogens (tertiary/aromatic N) is 1. The molecule has 1 N–H and O–H groups in total. The molecule has 0 spiro atoms. The van der Waals surface area contributed by atoms with Crippen molar-refractivity contribution in [2.24, 2.45) is 0 Å². The summed E-state index contributed by atoms with van der Waals surface area (Å²) in [6.07, 6.45) is 0. The lowest BCUT2D eigenvalue weighted by molar-refractivity contribution is 0.275. The van der Waals surface area contributed by atoms with Gasteiger partial charge in [0.25, 0.3) is 0 Å². The first-order chi connectivity index (χ1) is 11.1. The SMILES string of the molecule is Cc1cc2ccc(Oc3ccc4c(c3)COB4O)nc2cc1Cl. The first-order valence-electron chi connectivity index (χ1n) is 7.27. The third kappa shape index (κ3) is 2.67. The molecule has 0 atom stereocenters. The van der Waals surface area contributed by atoms with E-state index in [1.54, 1.807) is 6.07 Å². The molecule has 0 unspecified atom stereocenters. The summed E-state index contributed by atoms with van der Waals surface area (Å²) < 4.78 is 11.0. The first kappa shape index (κ1) is 14.5. The molecule has 114 valence electrons. The van der Waals surface area contributed by atoms with Gasteiger partial charge in [0.1, 0.15) is 5.75 Å². The predicted molar refractivity (Wildman–Crippen MR) is 90.4 cm³/mol. The van der Waals surface area contributed by atoms with Crippen molar-refractivity contribution >= 4 is 35.1 Å². The molecule has 0 amide bonds. The summed E-state index contributed by atoms with van der Waals surface area (Å²) >= 11 is 6.16. The Kier molecular flexibility index (Phi) is 3.49. The summed E-state index contributed by atoms with van der Waals surface area (Å²) in [5.41, 5.74) is 3.52. The molecule has 4 rings (SSSR count). The molecule has 23 heavy (non-hydrogen) atoms. The maximum atomic E-state index is 9.64. The van der Waals surface area contributed by atoms with Crippen LogP contribution in [0.1, 0.15) is 11.1 Å². The van der Waals surface area contributed by atoms with Crippen LogP contribution in [0.15, 0.2) is 42.5 Å². The Labute approximate surface area is 138 Å². The van der Waals surface area contributed by atoms with E-state index in [-0.39, 0.29) is 0 Å². The van der Waals surface area contributed by atoms with E-state index in [1.807, 2.05) is 43.3 Å².